The zero-order valence-electron chi connectivity index (χ0n) is 25.3. The number of hydroxylamine groups is 2. The van der Waals surface area contributed by atoms with E-state index in [0.717, 1.165) is 6.42 Å². The van der Waals surface area contributed by atoms with Gasteiger partial charge in [-0.3, -0.25) is 14.6 Å². The number of amides is 2. The molecule has 3 N–H and O–H groups in total. The third-order valence-corrected chi connectivity index (χ3v) is 8.55. The molecule has 43 heavy (non-hydrogen) atoms. The lowest BCUT2D eigenvalue weighted by Crippen LogP contribution is -2.53. The van der Waals surface area contributed by atoms with E-state index in [0.29, 0.717) is 60.9 Å². The average Bonchev–Trinajstić information content (AvgIpc) is 3.08. The van der Waals surface area contributed by atoms with E-state index in [1.807, 2.05) is 13.8 Å². The van der Waals surface area contributed by atoms with Crippen LogP contribution in [0.2, 0.25) is 0 Å². The van der Waals surface area contributed by atoms with Gasteiger partial charge >= 0.3 is 6.09 Å². The number of aliphatic imine (C=N–C) groups is 1. The third-order valence-electron chi connectivity index (χ3n) is 6.72. The smallest absolute Gasteiger partial charge is 0.407 e. The van der Waals surface area contributed by atoms with E-state index < -0.39 is 21.7 Å². The molecular weight excluding hydrogens is 572 g/mol. The lowest BCUT2D eigenvalue weighted by molar-refractivity contribution is -0.180. The Morgan fingerprint density at radius 1 is 1.16 bits per heavy atom. The second-order valence-corrected chi connectivity index (χ2v) is 13.4. The highest BCUT2D eigenvalue weighted by Gasteiger charge is 2.37. The van der Waals surface area contributed by atoms with Gasteiger partial charge in [0.2, 0.25) is 10.0 Å². The van der Waals surface area contributed by atoms with Crippen LogP contribution in [0.3, 0.4) is 0 Å². The number of aromatic nitrogens is 1. The number of pyridine rings is 1. The first kappa shape index (κ1) is 32.1. The Morgan fingerprint density at radius 3 is 2.58 bits per heavy atom. The first-order valence-corrected chi connectivity index (χ1v) is 15.8. The number of ether oxygens (including phenoxy) is 1. The van der Waals surface area contributed by atoms with Crippen molar-refractivity contribution in [2.24, 2.45) is 16.6 Å². The topological polar surface area (TPSA) is 157 Å². The van der Waals surface area contributed by atoms with Gasteiger partial charge in [-0.15, -0.1) is 0 Å². The van der Waals surface area contributed by atoms with Crippen molar-refractivity contribution in [3.63, 3.8) is 0 Å². The molecule has 0 saturated carbocycles. The number of sulfonamides is 1. The summed E-state index contributed by atoms with van der Waals surface area (Å²) in [5, 5.41) is 4.04. The second-order valence-electron chi connectivity index (χ2n) is 11.5. The summed E-state index contributed by atoms with van der Waals surface area (Å²) in [6.45, 7) is 10.8. The summed E-state index contributed by atoms with van der Waals surface area (Å²) < 4.78 is 33.3. The Morgan fingerprint density at radius 2 is 1.91 bits per heavy atom. The second kappa shape index (κ2) is 13.2. The van der Waals surface area contributed by atoms with Gasteiger partial charge < -0.3 is 15.8 Å². The third kappa shape index (κ3) is 7.98. The number of carbonyl (C=O) groups excluding carboxylic acids is 2. The highest BCUT2D eigenvalue weighted by molar-refractivity contribution is 7.89. The van der Waals surface area contributed by atoms with E-state index in [2.05, 4.69) is 15.3 Å². The molecule has 1 fully saturated rings. The zero-order chi connectivity index (χ0) is 31.4. The van der Waals surface area contributed by atoms with Gasteiger partial charge in [0, 0.05) is 55.9 Å². The van der Waals surface area contributed by atoms with Crippen molar-refractivity contribution in [3.8, 4) is 11.1 Å². The summed E-state index contributed by atoms with van der Waals surface area (Å²) >= 11 is 0. The van der Waals surface area contributed by atoms with Crippen molar-refractivity contribution in [3.05, 3.63) is 47.8 Å². The van der Waals surface area contributed by atoms with Gasteiger partial charge in [-0.05, 0) is 64.0 Å². The number of rotatable bonds is 10. The van der Waals surface area contributed by atoms with Crippen LogP contribution in [-0.4, -0.2) is 79.0 Å². The van der Waals surface area contributed by atoms with Gasteiger partial charge in [0.15, 0.2) is 0 Å². The van der Waals surface area contributed by atoms with Gasteiger partial charge in [0.1, 0.15) is 11.4 Å². The molecule has 232 valence electrons. The number of carbonyl (C=O) groups is 2. The minimum absolute atomic E-state index is 0.00464. The molecule has 1 saturated heterocycles. The highest BCUT2D eigenvalue weighted by Crippen LogP contribution is 2.32. The molecule has 0 aliphatic carbocycles. The summed E-state index contributed by atoms with van der Waals surface area (Å²) in [7, 11) is -3.74. The van der Waals surface area contributed by atoms with E-state index in [1.165, 1.54) is 9.37 Å². The molecule has 1 aromatic heterocycles. The quantitative estimate of drug-likeness (QED) is 0.383. The molecule has 3 heterocycles. The fraction of sp³-hybridized carbons (Fsp3) is 0.467. The Bertz CT molecular complexity index is 1520. The number of nitrogens with zero attached hydrogens (tertiary/aromatic N) is 4. The Balaban J connectivity index is 1.49. The van der Waals surface area contributed by atoms with Crippen LogP contribution in [0.25, 0.3) is 17.2 Å². The van der Waals surface area contributed by atoms with Gasteiger partial charge in [-0.25, -0.2) is 23.3 Å². The minimum Gasteiger partial charge on any atom is -0.444 e. The number of fused-ring (bicyclic) bond motifs is 1. The van der Waals surface area contributed by atoms with Gasteiger partial charge in [-0.2, -0.15) is 4.31 Å². The van der Waals surface area contributed by atoms with E-state index in [-0.39, 0.29) is 29.0 Å². The maximum absolute atomic E-state index is 13.3. The molecular formula is C30H40N6O6S. The first-order chi connectivity index (χ1) is 20.3. The van der Waals surface area contributed by atoms with Crippen molar-refractivity contribution in [2.45, 2.75) is 58.0 Å². The summed E-state index contributed by atoms with van der Waals surface area (Å²) in [4.78, 5) is 39.8. The maximum atomic E-state index is 13.3. The molecule has 2 aliphatic rings. The fourth-order valence-electron chi connectivity index (χ4n) is 4.68. The predicted molar refractivity (Wildman–Crippen MR) is 164 cm³/mol. The maximum Gasteiger partial charge on any atom is 0.407 e. The van der Waals surface area contributed by atoms with Crippen LogP contribution in [0.15, 0.2) is 52.0 Å². The zero-order valence-corrected chi connectivity index (χ0v) is 26.1. The number of nitrogens with one attached hydrogen (secondary N) is 1. The summed E-state index contributed by atoms with van der Waals surface area (Å²) in [5.41, 5.74) is 8.26. The molecule has 0 bridgehead atoms. The molecule has 13 heteroatoms. The van der Waals surface area contributed by atoms with Gasteiger partial charge in [0.25, 0.3) is 5.91 Å². The number of alkyl carbamates (subject to hydrolysis) is 1. The van der Waals surface area contributed by atoms with Gasteiger partial charge in [-0.1, -0.05) is 19.1 Å². The molecule has 2 amide bonds. The summed E-state index contributed by atoms with van der Waals surface area (Å²) in [5.74, 6) is -0.0302. The highest BCUT2D eigenvalue weighted by atomic mass is 32.2. The van der Waals surface area contributed by atoms with Crippen molar-refractivity contribution in [1.82, 2.24) is 19.7 Å². The molecule has 0 unspecified atom stereocenters. The lowest BCUT2D eigenvalue weighted by Gasteiger charge is -2.38. The van der Waals surface area contributed by atoms with Crippen LogP contribution < -0.4 is 11.1 Å². The molecule has 0 atom stereocenters. The van der Waals surface area contributed by atoms with E-state index in [1.54, 1.807) is 63.4 Å². The normalized spacial score (nSPS) is 15.8. The van der Waals surface area contributed by atoms with Crippen molar-refractivity contribution in [2.75, 3.05) is 32.8 Å². The Kier molecular flexibility index (Phi) is 9.88. The number of amidine groups is 1. The van der Waals surface area contributed by atoms with Crippen molar-refractivity contribution < 1.29 is 27.6 Å². The van der Waals surface area contributed by atoms with E-state index in [9.17, 15) is 18.0 Å². The molecule has 12 nitrogen and oxygen atoms in total. The largest absolute Gasteiger partial charge is 0.444 e. The van der Waals surface area contributed by atoms with Crippen LogP contribution in [-0.2, 0) is 24.4 Å². The van der Waals surface area contributed by atoms with Gasteiger partial charge in [0.05, 0.1) is 22.9 Å². The number of hydrogen-bond donors (Lipinski definition) is 2. The fourth-order valence-corrected chi connectivity index (χ4v) is 6.32. The molecule has 0 radical (unpaired) electrons. The summed E-state index contributed by atoms with van der Waals surface area (Å²) in [6, 6.07) is 8.41. The average molecular weight is 613 g/mol. The molecule has 1 aromatic carbocycles. The van der Waals surface area contributed by atoms with Crippen LogP contribution >= 0.6 is 0 Å². The Hall–Kier alpha value is -3.81. The van der Waals surface area contributed by atoms with Crippen molar-refractivity contribution >= 4 is 39.6 Å². The summed E-state index contributed by atoms with van der Waals surface area (Å²) in [6.07, 6.45) is 3.65. The van der Waals surface area contributed by atoms with Crippen LogP contribution in [0.4, 0.5) is 10.5 Å². The molecule has 2 aromatic rings. The minimum atomic E-state index is -3.74. The van der Waals surface area contributed by atoms with E-state index >= 15 is 0 Å². The Labute approximate surface area is 253 Å². The van der Waals surface area contributed by atoms with Crippen LogP contribution in [0.1, 0.15) is 53.2 Å². The number of benzene rings is 1. The molecule has 2 aliphatic heterocycles. The SMILES string of the molecule is CCCN(OCC)C(=O)C1=Cc2ncc(-c3cccc(S(=O)(=O)N4CC(CNC(=O)OC(C)(C)C)C4)c3)cc2N=C(N)C1. The molecule has 4 rings (SSSR count). The monoisotopic (exact) mass is 612 g/mol. The standard InChI is InChI=1S/C30H40N6O6S/c1-6-11-36(41-7-2)28(37)22-13-25-26(34-27(31)15-22)14-23(17-32-25)21-9-8-10-24(12-21)43(39,40)35-18-20(19-35)16-33-29(38)42-30(3,4)5/h8-10,12-14,17,20H,6-7,11,15-16,18-19H2,1-5H3,(H2,31,34)(H,33,38). The van der Waals surface area contributed by atoms with E-state index in [4.69, 9.17) is 15.3 Å². The molecule has 0 spiro atoms. The van der Waals surface area contributed by atoms with Crippen LogP contribution in [0.5, 0.6) is 0 Å². The van der Waals surface area contributed by atoms with Crippen LogP contribution in [0, 0.1) is 5.92 Å². The lowest BCUT2D eigenvalue weighted by atomic mass is 10.0. The van der Waals surface area contributed by atoms with Crippen molar-refractivity contribution in [1.29, 1.82) is 0 Å². The first-order valence-electron chi connectivity index (χ1n) is 14.4. The predicted octanol–water partition coefficient (Wildman–Crippen LogP) is 3.86. The number of hydrogen-bond acceptors (Lipinski definition) is 9. The number of nitrogens with two attached hydrogens (primary N) is 1.